The monoisotopic (exact) mass is 224 g/mol. The SMILES string of the molecule is CCC(C)SCC(=O)c1ccc(O)cc1. The van der Waals surface area contributed by atoms with Crippen molar-refractivity contribution in [2.75, 3.05) is 5.75 Å². The molecular formula is C12H16O2S. The van der Waals surface area contributed by atoms with Crippen LogP contribution in [0.3, 0.4) is 0 Å². The normalized spacial score (nSPS) is 12.4. The van der Waals surface area contributed by atoms with Gasteiger partial charge < -0.3 is 5.11 Å². The number of hydrogen-bond acceptors (Lipinski definition) is 3. The zero-order valence-electron chi connectivity index (χ0n) is 9.06. The molecular weight excluding hydrogens is 208 g/mol. The van der Waals surface area contributed by atoms with Crippen LogP contribution in [-0.2, 0) is 0 Å². The van der Waals surface area contributed by atoms with E-state index in [1.54, 1.807) is 36.0 Å². The van der Waals surface area contributed by atoms with E-state index in [0.717, 1.165) is 6.42 Å². The quantitative estimate of drug-likeness (QED) is 0.781. The predicted molar refractivity (Wildman–Crippen MR) is 64.6 cm³/mol. The van der Waals surface area contributed by atoms with Gasteiger partial charge in [-0.05, 0) is 30.7 Å². The van der Waals surface area contributed by atoms with Crippen molar-refractivity contribution >= 4 is 17.5 Å². The summed E-state index contributed by atoms with van der Waals surface area (Å²) in [5, 5.41) is 9.60. The molecule has 1 rings (SSSR count). The lowest BCUT2D eigenvalue weighted by Gasteiger charge is -2.07. The number of ketones is 1. The van der Waals surface area contributed by atoms with Crippen molar-refractivity contribution in [2.24, 2.45) is 0 Å². The third-order valence-electron chi connectivity index (χ3n) is 2.26. The molecule has 1 N–H and O–H groups in total. The first-order chi connectivity index (χ1) is 7.13. The third-order valence-corrected chi connectivity index (χ3v) is 3.59. The molecule has 82 valence electrons. The van der Waals surface area contributed by atoms with Crippen LogP contribution in [0.5, 0.6) is 5.75 Å². The van der Waals surface area contributed by atoms with Gasteiger partial charge in [-0.2, -0.15) is 11.8 Å². The number of hydrogen-bond donors (Lipinski definition) is 1. The van der Waals surface area contributed by atoms with Crippen molar-refractivity contribution in [3.8, 4) is 5.75 Å². The zero-order chi connectivity index (χ0) is 11.3. The molecule has 0 aliphatic carbocycles. The molecule has 0 radical (unpaired) electrons. The zero-order valence-corrected chi connectivity index (χ0v) is 9.88. The summed E-state index contributed by atoms with van der Waals surface area (Å²) in [6.07, 6.45) is 1.08. The summed E-state index contributed by atoms with van der Waals surface area (Å²) in [6, 6.07) is 6.41. The molecule has 0 spiro atoms. The highest BCUT2D eigenvalue weighted by Crippen LogP contribution is 2.17. The molecule has 15 heavy (non-hydrogen) atoms. The van der Waals surface area contributed by atoms with E-state index >= 15 is 0 Å². The number of carbonyl (C=O) groups excluding carboxylic acids is 1. The number of rotatable bonds is 5. The molecule has 0 heterocycles. The number of benzene rings is 1. The molecule has 3 heteroatoms. The Morgan fingerprint density at radius 1 is 1.40 bits per heavy atom. The van der Waals surface area contributed by atoms with Crippen LogP contribution in [0, 0.1) is 0 Å². The first-order valence-electron chi connectivity index (χ1n) is 5.07. The van der Waals surface area contributed by atoms with Crippen LogP contribution < -0.4 is 0 Å². The van der Waals surface area contributed by atoms with Gasteiger partial charge in [0.25, 0.3) is 0 Å². The number of carbonyl (C=O) groups is 1. The minimum absolute atomic E-state index is 0.125. The highest BCUT2D eigenvalue weighted by molar-refractivity contribution is 8.00. The van der Waals surface area contributed by atoms with E-state index < -0.39 is 0 Å². The van der Waals surface area contributed by atoms with Gasteiger partial charge in [-0.15, -0.1) is 0 Å². The first kappa shape index (κ1) is 12.1. The molecule has 0 fully saturated rings. The summed E-state index contributed by atoms with van der Waals surface area (Å²) in [5.74, 6) is 0.834. The van der Waals surface area contributed by atoms with Crippen LogP contribution in [0.25, 0.3) is 0 Å². The molecule has 2 nitrogen and oxygen atoms in total. The van der Waals surface area contributed by atoms with Gasteiger partial charge in [0, 0.05) is 10.8 Å². The van der Waals surface area contributed by atoms with Gasteiger partial charge in [0.2, 0.25) is 0 Å². The van der Waals surface area contributed by atoms with Gasteiger partial charge in [0.1, 0.15) is 5.75 Å². The molecule has 1 unspecified atom stereocenters. The summed E-state index contributed by atoms with van der Waals surface area (Å²) in [6.45, 7) is 4.23. The Bertz CT molecular complexity index is 319. The lowest BCUT2D eigenvalue weighted by Crippen LogP contribution is -2.05. The minimum atomic E-state index is 0.125. The molecule has 0 bridgehead atoms. The van der Waals surface area contributed by atoms with Gasteiger partial charge >= 0.3 is 0 Å². The Labute approximate surface area is 94.7 Å². The van der Waals surface area contributed by atoms with Crippen LogP contribution in [0.1, 0.15) is 30.6 Å². The average molecular weight is 224 g/mol. The fraction of sp³-hybridized carbons (Fsp3) is 0.417. The smallest absolute Gasteiger partial charge is 0.172 e. The second-order valence-corrected chi connectivity index (χ2v) is 4.93. The minimum Gasteiger partial charge on any atom is -0.508 e. The fourth-order valence-corrected chi connectivity index (χ4v) is 1.90. The van der Waals surface area contributed by atoms with Gasteiger partial charge in [-0.1, -0.05) is 13.8 Å². The number of phenolic OH excluding ortho intramolecular Hbond substituents is 1. The van der Waals surface area contributed by atoms with E-state index in [1.807, 2.05) is 0 Å². The third kappa shape index (κ3) is 3.96. The standard InChI is InChI=1S/C12H16O2S/c1-3-9(2)15-8-12(14)10-4-6-11(13)7-5-10/h4-7,9,13H,3,8H2,1-2H3. The van der Waals surface area contributed by atoms with Gasteiger partial charge in [0.15, 0.2) is 5.78 Å². The Kier molecular flexibility index (Phi) is 4.69. The Hall–Kier alpha value is -0.960. The van der Waals surface area contributed by atoms with Crippen molar-refractivity contribution in [3.05, 3.63) is 29.8 Å². The molecule has 1 aromatic rings. The Balaban J connectivity index is 2.50. The van der Waals surface area contributed by atoms with Crippen molar-refractivity contribution in [1.29, 1.82) is 0 Å². The van der Waals surface area contributed by atoms with E-state index in [0.29, 0.717) is 16.6 Å². The maximum absolute atomic E-state index is 11.7. The van der Waals surface area contributed by atoms with Crippen LogP contribution >= 0.6 is 11.8 Å². The van der Waals surface area contributed by atoms with Crippen molar-refractivity contribution in [3.63, 3.8) is 0 Å². The molecule has 0 saturated heterocycles. The topological polar surface area (TPSA) is 37.3 Å². The summed E-state index contributed by atoms with van der Waals surface area (Å²) < 4.78 is 0. The summed E-state index contributed by atoms with van der Waals surface area (Å²) in [5.41, 5.74) is 0.670. The molecule has 0 aliphatic heterocycles. The van der Waals surface area contributed by atoms with Crippen LogP contribution in [-0.4, -0.2) is 21.9 Å². The van der Waals surface area contributed by atoms with E-state index in [1.165, 1.54) is 0 Å². The second-order valence-electron chi connectivity index (χ2n) is 3.50. The van der Waals surface area contributed by atoms with Crippen LogP contribution in [0.15, 0.2) is 24.3 Å². The molecule has 1 atom stereocenters. The van der Waals surface area contributed by atoms with Gasteiger partial charge in [-0.3, -0.25) is 4.79 Å². The van der Waals surface area contributed by atoms with Crippen LogP contribution in [0.2, 0.25) is 0 Å². The predicted octanol–water partition coefficient (Wildman–Crippen LogP) is 3.11. The molecule has 0 amide bonds. The summed E-state index contributed by atoms with van der Waals surface area (Å²) in [4.78, 5) is 11.7. The maximum atomic E-state index is 11.7. The molecule has 0 aromatic heterocycles. The van der Waals surface area contributed by atoms with Crippen molar-refractivity contribution in [1.82, 2.24) is 0 Å². The Morgan fingerprint density at radius 3 is 2.53 bits per heavy atom. The van der Waals surface area contributed by atoms with E-state index in [2.05, 4.69) is 13.8 Å². The lowest BCUT2D eigenvalue weighted by molar-refractivity contribution is 0.102. The highest BCUT2D eigenvalue weighted by atomic mass is 32.2. The first-order valence-corrected chi connectivity index (χ1v) is 6.12. The average Bonchev–Trinajstić information content (AvgIpc) is 2.26. The largest absolute Gasteiger partial charge is 0.508 e. The fourth-order valence-electron chi connectivity index (χ4n) is 1.07. The van der Waals surface area contributed by atoms with Crippen molar-refractivity contribution < 1.29 is 9.90 Å². The van der Waals surface area contributed by atoms with Gasteiger partial charge in [-0.25, -0.2) is 0 Å². The Morgan fingerprint density at radius 2 is 2.00 bits per heavy atom. The lowest BCUT2D eigenvalue weighted by atomic mass is 10.1. The molecule has 1 aromatic carbocycles. The van der Waals surface area contributed by atoms with Crippen LogP contribution in [0.4, 0.5) is 0 Å². The maximum Gasteiger partial charge on any atom is 0.172 e. The molecule has 0 aliphatic rings. The molecule has 0 saturated carbocycles. The highest BCUT2D eigenvalue weighted by Gasteiger charge is 2.08. The van der Waals surface area contributed by atoms with E-state index in [4.69, 9.17) is 5.11 Å². The number of aromatic hydroxyl groups is 1. The number of Topliss-reactive ketones (excluding diaryl/α,β-unsaturated/α-hetero) is 1. The van der Waals surface area contributed by atoms with Crippen molar-refractivity contribution in [2.45, 2.75) is 25.5 Å². The number of phenols is 1. The second kappa shape index (κ2) is 5.81. The van der Waals surface area contributed by atoms with Gasteiger partial charge in [0.05, 0.1) is 5.75 Å². The number of thioether (sulfide) groups is 1. The van der Waals surface area contributed by atoms with E-state index in [9.17, 15) is 4.79 Å². The van der Waals surface area contributed by atoms with E-state index in [-0.39, 0.29) is 11.5 Å². The summed E-state index contributed by atoms with van der Waals surface area (Å²) >= 11 is 1.67. The summed E-state index contributed by atoms with van der Waals surface area (Å²) in [7, 11) is 0.